The number of carbonyl (C=O) groups is 4. The lowest BCUT2D eigenvalue weighted by atomic mass is 9.85. The molecule has 1 rings (SSSR count). The Hall–Kier alpha value is -1.72. The normalized spacial score (nSPS) is 24.1. The van der Waals surface area contributed by atoms with Crippen LogP contribution in [0.25, 0.3) is 0 Å². The predicted molar refractivity (Wildman–Crippen MR) is 72.4 cm³/mol. The minimum Gasteiger partial charge on any atom is -0.275 e. The van der Waals surface area contributed by atoms with E-state index in [-0.39, 0.29) is 5.41 Å². The maximum atomic E-state index is 12.5. The molecule has 0 bridgehead atoms. The largest absolute Gasteiger partial charge is 0.275 e. The number of nitrogens with zero attached hydrogens (tertiary/aromatic N) is 2. The molecular weight excluding hydrogens is 260 g/mol. The predicted octanol–water partition coefficient (Wildman–Crippen LogP) is 0.943. The molecule has 6 nitrogen and oxygen atoms in total. The minimum atomic E-state index is -0.930. The molecule has 0 unspecified atom stereocenters. The van der Waals surface area contributed by atoms with E-state index >= 15 is 0 Å². The summed E-state index contributed by atoms with van der Waals surface area (Å²) >= 11 is 0. The fraction of sp³-hybridized carbons (Fsp3) is 0.714. The van der Waals surface area contributed by atoms with Crippen LogP contribution in [-0.4, -0.2) is 45.5 Å². The summed E-state index contributed by atoms with van der Waals surface area (Å²) in [7, 11) is 0. The van der Waals surface area contributed by atoms with Crippen LogP contribution >= 0.6 is 0 Å². The lowest BCUT2D eigenvalue weighted by Gasteiger charge is -2.42. The van der Waals surface area contributed by atoms with Crippen molar-refractivity contribution in [3.8, 4) is 0 Å². The van der Waals surface area contributed by atoms with Crippen LogP contribution in [0.3, 0.4) is 0 Å². The highest BCUT2D eigenvalue weighted by Gasteiger charge is 2.48. The number of carbonyl (C=O) groups excluding carboxylic acids is 4. The number of rotatable bonds is 1. The molecule has 1 saturated heterocycles. The van der Waals surface area contributed by atoms with Gasteiger partial charge in [0.2, 0.25) is 11.8 Å². The molecule has 0 aromatic carbocycles. The van der Waals surface area contributed by atoms with Gasteiger partial charge in [0.1, 0.15) is 12.1 Å². The van der Waals surface area contributed by atoms with E-state index in [1.807, 2.05) is 20.8 Å². The zero-order chi connectivity index (χ0) is 15.8. The van der Waals surface area contributed by atoms with Gasteiger partial charge in [-0.2, -0.15) is 0 Å². The second-order valence-corrected chi connectivity index (χ2v) is 6.41. The average Bonchev–Trinajstić information content (AvgIpc) is 2.23. The van der Waals surface area contributed by atoms with E-state index in [4.69, 9.17) is 0 Å². The Bertz CT molecular complexity index is 464. The quantitative estimate of drug-likeness (QED) is 0.717. The molecule has 1 heterocycles. The summed E-state index contributed by atoms with van der Waals surface area (Å²) < 4.78 is 0. The molecular formula is C14H22N2O4. The van der Waals surface area contributed by atoms with Crippen LogP contribution in [0.5, 0.6) is 0 Å². The van der Waals surface area contributed by atoms with Crippen molar-refractivity contribution in [1.29, 1.82) is 0 Å². The summed E-state index contributed by atoms with van der Waals surface area (Å²) in [6, 6.07) is -1.83. The average molecular weight is 282 g/mol. The lowest BCUT2D eigenvalue weighted by Crippen LogP contribution is -2.66. The molecule has 0 aromatic rings. The van der Waals surface area contributed by atoms with Gasteiger partial charge in [0.05, 0.1) is 0 Å². The van der Waals surface area contributed by atoms with E-state index in [1.54, 1.807) is 0 Å². The third-order valence-corrected chi connectivity index (χ3v) is 3.30. The Kier molecular flexibility index (Phi) is 4.36. The zero-order valence-corrected chi connectivity index (χ0v) is 12.9. The Morgan fingerprint density at radius 2 is 1.45 bits per heavy atom. The van der Waals surface area contributed by atoms with Gasteiger partial charge in [-0.3, -0.25) is 29.0 Å². The molecule has 112 valence electrons. The van der Waals surface area contributed by atoms with E-state index in [0.29, 0.717) is 6.42 Å². The first-order chi connectivity index (χ1) is 8.97. The van der Waals surface area contributed by atoms with Gasteiger partial charge in [-0.05, 0) is 18.8 Å². The van der Waals surface area contributed by atoms with E-state index < -0.39 is 35.7 Å². The Labute approximate surface area is 119 Å². The van der Waals surface area contributed by atoms with Crippen molar-refractivity contribution in [3.63, 3.8) is 0 Å². The van der Waals surface area contributed by atoms with Gasteiger partial charge in [0.25, 0.3) is 11.8 Å². The molecule has 0 radical (unpaired) electrons. The van der Waals surface area contributed by atoms with Crippen LogP contribution in [0.1, 0.15) is 48.0 Å². The second kappa shape index (κ2) is 5.34. The Morgan fingerprint density at radius 1 is 1.00 bits per heavy atom. The summed E-state index contributed by atoms with van der Waals surface area (Å²) in [5, 5.41) is 0. The second-order valence-electron chi connectivity index (χ2n) is 6.41. The number of imide groups is 2. The van der Waals surface area contributed by atoms with Gasteiger partial charge >= 0.3 is 0 Å². The summed E-state index contributed by atoms with van der Waals surface area (Å²) in [6.07, 6.45) is 0.327. The highest BCUT2D eigenvalue weighted by atomic mass is 16.2. The fourth-order valence-corrected chi connectivity index (χ4v) is 2.49. The molecule has 0 saturated carbocycles. The smallest absolute Gasteiger partial charge is 0.253 e. The fourth-order valence-electron chi connectivity index (χ4n) is 2.49. The third kappa shape index (κ3) is 3.05. The summed E-state index contributed by atoms with van der Waals surface area (Å²) in [4.78, 5) is 50.0. The highest BCUT2D eigenvalue weighted by Crippen LogP contribution is 2.29. The molecule has 0 spiro atoms. The van der Waals surface area contributed by atoms with E-state index in [0.717, 1.165) is 9.80 Å². The van der Waals surface area contributed by atoms with Crippen molar-refractivity contribution in [1.82, 2.24) is 9.80 Å². The van der Waals surface area contributed by atoms with E-state index in [1.165, 1.54) is 20.8 Å². The van der Waals surface area contributed by atoms with Crippen LogP contribution < -0.4 is 0 Å². The molecule has 0 aliphatic carbocycles. The molecule has 0 aromatic heterocycles. The van der Waals surface area contributed by atoms with Crippen molar-refractivity contribution in [2.24, 2.45) is 5.41 Å². The standard InChI is InChI=1S/C14H22N2O4/c1-8-12(19)16(10(3)18)11(7-14(4,5)6)13(20)15(8)9(2)17/h8,11H,7H2,1-6H3/t8-,11-/m0/s1. The van der Waals surface area contributed by atoms with Crippen molar-refractivity contribution < 1.29 is 19.2 Å². The minimum absolute atomic E-state index is 0.253. The van der Waals surface area contributed by atoms with Gasteiger partial charge in [0, 0.05) is 13.8 Å². The van der Waals surface area contributed by atoms with Crippen molar-refractivity contribution >= 4 is 23.6 Å². The topological polar surface area (TPSA) is 74.8 Å². The SMILES string of the molecule is CC(=O)N1C(=O)[C@H](CC(C)(C)C)N(C(C)=O)C(=O)[C@@H]1C. The van der Waals surface area contributed by atoms with E-state index in [2.05, 4.69) is 0 Å². The molecule has 0 N–H and O–H groups in total. The Balaban J connectivity index is 3.26. The molecule has 6 heteroatoms. The highest BCUT2D eigenvalue weighted by molar-refractivity contribution is 6.11. The molecule has 1 aliphatic heterocycles. The van der Waals surface area contributed by atoms with Crippen molar-refractivity contribution in [2.75, 3.05) is 0 Å². The van der Waals surface area contributed by atoms with Gasteiger partial charge in [-0.25, -0.2) is 0 Å². The van der Waals surface area contributed by atoms with Gasteiger partial charge in [-0.1, -0.05) is 20.8 Å². The number of amides is 4. The van der Waals surface area contributed by atoms with Crippen LogP contribution in [-0.2, 0) is 19.2 Å². The van der Waals surface area contributed by atoms with Gasteiger partial charge < -0.3 is 0 Å². The summed E-state index contributed by atoms with van der Waals surface area (Å²) in [5.41, 5.74) is -0.253. The Morgan fingerprint density at radius 3 is 1.80 bits per heavy atom. The maximum absolute atomic E-state index is 12.5. The molecule has 1 fully saturated rings. The number of hydrogen-bond acceptors (Lipinski definition) is 4. The van der Waals surface area contributed by atoms with Gasteiger partial charge in [0.15, 0.2) is 0 Å². The lowest BCUT2D eigenvalue weighted by molar-refractivity contribution is -0.171. The van der Waals surface area contributed by atoms with Crippen LogP contribution in [0, 0.1) is 5.41 Å². The monoisotopic (exact) mass is 282 g/mol. The third-order valence-electron chi connectivity index (χ3n) is 3.30. The zero-order valence-electron chi connectivity index (χ0n) is 12.9. The molecule has 4 amide bonds. The molecule has 2 atom stereocenters. The maximum Gasteiger partial charge on any atom is 0.253 e. The molecule has 1 aliphatic rings. The van der Waals surface area contributed by atoms with Crippen molar-refractivity contribution in [2.45, 2.75) is 60.0 Å². The summed E-state index contributed by atoms with van der Waals surface area (Å²) in [5.74, 6) is -1.91. The first-order valence-electron chi connectivity index (χ1n) is 6.64. The van der Waals surface area contributed by atoms with Crippen LogP contribution in [0.2, 0.25) is 0 Å². The van der Waals surface area contributed by atoms with E-state index in [9.17, 15) is 19.2 Å². The summed E-state index contributed by atoms with van der Waals surface area (Å²) in [6.45, 7) is 9.72. The first kappa shape index (κ1) is 16.3. The van der Waals surface area contributed by atoms with Crippen LogP contribution in [0.15, 0.2) is 0 Å². The number of piperazine rings is 1. The molecule has 20 heavy (non-hydrogen) atoms. The first-order valence-corrected chi connectivity index (χ1v) is 6.64. The van der Waals surface area contributed by atoms with Crippen LogP contribution in [0.4, 0.5) is 0 Å². The number of hydrogen-bond donors (Lipinski definition) is 0. The van der Waals surface area contributed by atoms with Crippen molar-refractivity contribution in [3.05, 3.63) is 0 Å². The van der Waals surface area contributed by atoms with Gasteiger partial charge in [-0.15, -0.1) is 0 Å².